The van der Waals surface area contributed by atoms with Gasteiger partial charge in [0.05, 0.1) is 0 Å². The van der Waals surface area contributed by atoms with Crippen molar-refractivity contribution in [3.05, 3.63) is 11.6 Å². The Morgan fingerprint density at radius 2 is 2.24 bits per heavy atom. The monoisotopic (exact) mass is 239 g/mol. The zero-order chi connectivity index (χ0) is 12.9. The largest absolute Gasteiger partial charge is 0.444 e. The molecule has 1 aliphatic heterocycles. The van der Waals surface area contributed by atoms with Crippen LogP contribution >= 0.6 is 0 Å². The van der Waals surface area contributed by atoms with Gasteiger partial charge in [0, 0.05) is 19.5 Å². The van der Waals surface area contributed by atoms with E-state index in [1.807, 2.05) is 20.8 Å². The van der Waals surface area contributed by atoms with E-state index in [1.165, 1.54) is 0 Å². The van der Waals surface area contributed by atoms with Gasteiger partial charge in [0.25, 0.3) is 0 Å². The summed E-state index contributed by atoms with van der Waals surface area (Å²) in [5.41, 5.74) is 0.690. The molecule has 0 aromatic carbocycles. The molecule has 4 heteroatoms. The molecule has 1 aliphatic rings. The number of hydrogen-bond acceptors (Lipinski definition) is 3. The Morgan fingerprint density at radius 3 is 2.82 bits per heavy atom. The number of rotatable bonds is 3. The first-order valence-electron chi connectivity index (χ1n) is 6.02. The number of ether oxygens (including phenoxy) is 1. The summed E-state index contributed by atoms with van der Waals surface area (Å²) < 4.78 is 5.32. The van der Waals surface area contributed by atoms with Crippen LogP contribution in [0.25, 0.3) is 0 Å². The van der Waals surface area contributed by atoms with Crippen LogP contribution in [-0.4, -0.2) is 36.0 Å². The second kappa shape index (κ2) is 5.84. The molecule has 0 N–H and O–H groups in total. The Hall–Kier alpha value is -1.32. The highest BCUT2D eigenvalue weighted by Crippen LogP contribution is 2.17. The average Bonchev–Trinajstić information content (AvgIpc) is 2.24. The molecule has 0 aromatic rings. The minimum atomic E-state index is -0.457. The number of hydrogen-bond donors (Lipinski definition) is 0. The lowest BCUT2D eigenvalue weighted by atomic mass is 10.1. The van der Waals surface area contributed by atoms with Crippen molar-refractivity contribution in [2.75, 3.05) is 13.1 Å². The van der Waals surface area contributed by atoms with Crippen LogP contribution in [0.4, 0.5) is 4.79 Å². The van der Waals surface area contributed by atoms with E-state index in [-0.39, 0.29) is 6.09 Å². The molecule has 0 saturated carbocycles. The predicted molar refractivity (Wildman–Crippen MR) is 65.8 cm³/mol. The maximum Gasteiger partial charge on any atom is 0.410 e. The lowest BCUT2D eigenvalue weighted by molar-refractivity contribution is -0.107. The molecule has 0 bridgehead atoms. The number of nitrogens with zero attached hydrogens (tertiary/aromatic N) is 1. The standard InChI is InChI=1S/C13H21NO3/c1-13(2,3)17-12(16)14-8-4-6-11(10-14)7-5-9-15/h6,9H,4-5,7-8,10H2,1-3H3. The summed E-state index contributed by atoms with van der Waals surface area (Å²) in [7, 11) is 0. The second-order valence-corrected chi connectivity index (χ2v) is 5.26. The van der Waals surface area contributed by atoms with Crippen molar-refractivity contribution in [3.63, 3.8) is 0 Å². The number of amides is 1. The van der Waals surface area contributed by atoms with E-state index < -0.39 is 5.60 Å². The molecule has 96 valence electrons. The number of aldehydes is 1. The molecule has 1 rings (SSSR count). The molecule has 17 heavy (non-hydrogen) atoms. The third-order valence-corrected chi connectivity index (χ3v) is 2.46. The summed E-state index contributed by atoms with van der Waals surface area (Å²) >= 11 is 0. The van der Waals surface area contributed by atoms with E-state index >= 15 is 0 Å². The minimum absolute atomic E-state index is 0.269. The summed E-state index contributed by atoms with van der Waals surface area (Å²) in [5.74, 6) is 0. The van der Waals surface area contributed by atoms with Crippen LogP contribution in [0.5, 0.6) is 0 Å². The molecule has 1 heterocycles. The van der Waals surface area contributed by atoms with Gasteiger partial charge in [0.1, 0.15) is 11.9 Å². The van der Waals surface area contributed by atoms with Crippen molar-refractivity contribution in [2.24, 2.45) is 0 Å². The van der Waals surface area contributed by atoms with Crippen molar-refractivity contribution in [3.8, 4) is 0 Å². The van der Waals surface area contributed by atoms with E-state index in [2.05, 4.69) is 6.08 Å². The van der Waals surface area contributed by atoms with Crippen LogP contribution in [0.2, 0.25) is 0 Å². The van der Waals surface area contributed by atoms with Crippen molar-refractivity contribution in [1.82, 2.24) is 4.90 Å². The average molecular weight is 239 g/mol. The highest BCUT2D eigenvalue weighted by atomic mass is 16.6. The minimum Gasteiger partial charge on any atom is -0.444 e. The van der Waals surface area contributed by atoms with Gasteiger partial charge in [-0.25, -0.2) is 4.79 Å². The van der Waals surface area contributed by atoms with Crippen LogP contribution in [0.1, 0.15) is 40.0 Å². The quantitative estimate of drug-likeness (QED) is 0.561. The molecule has 0 radical (unpaired) electrons. The molecule has 0 aliphatic carbocycles. The van der Waals surface area contributed by atoms with Gasteiger partial charge < -0.3 is 14.4 Å². The Labute approximate surface area is 103 Å². The van der Waals surface area contributed by atoms with E-state index in [4.69, 9.17) is 4.74 Å². The molecular formula is C13H21NO3. The third-order valence-electron chi connectivity index (χ3n) is 2.46. The summed E-state index contributed by atoms with van der Waals surface area (Å²) in [4.78, 5) is 23.9. The molecule has 0 aromatic heterocycles. The fourth-order valence-electron chi connectivity index (χ4n) is 1.72. The maximum atomic E-state index is 11.8. The normalized spacial score (nSPS) is 16.4. The van der Waals surface area contributed by atoms with Gasteiger partial charge in [-0.1, -0.05) is 11.6 Å². The Bertz CT molecular complexity index is 315. The van der Waals surface area contributed by atoms with Crippen molar-refractivity contribution in [2.45, 2.75) is 45.6 Å². The van der Waals surface area contributed by atoms with Gasteiger partial charge in [-0.05, 0) is 33.6 Å². The zero-order valence-electron chi connectivity index (χ0n) is 10.9. The SMILES string of the molecule is CC(C)(C)OC(=O)N1CCC=C(CCC=O)C1. The summed E-state index contributed by atoms with van der Waals surface area (Å²) in [6, 6.07) is 0. The zero-order valence-corrected chi connectivity index (χ0v) is 10.9. The Morgan fingerprint density at radius 1 is 1.53 bits per heavy atom. The van der Waals surface area contributed by atoms with Crippen LogP contribution < -0.4 is 0 Å². The van der Waals surface area contributed by atoms with Gasteiger partial charge >= 0.3 is 6.09 Å². The second-order valence-electron chi connectivity index (χ2n) is 5.26. The predicted octanol–water partition coefficient (Wildman–Crippen LogP) is 2.53. The fraction of sp³-hybridized carbons (Fsp3) is 0.692. The first-order chi connectivity index (χ1) is 7.92. The first-order valence-corrected chi connectivity index (χ1v) is 6.02. The van der Waals surface area contributed by atoms with Gasteiger partial charge in [0.15, 0.2) is 0 Å². The summed E-state index contributed by atoms with van der Waals surface area (Å²) in [6.45, 7) is 6.86. The van der Waals surface area contributed by atoms with Crippen molar-refractivity contribution >= 4 is 12.4 Å². The van der Waals surface area contributed by atoms with Crippen LogP contribution in [0.15, 0.2) is 11.6 Å². The number of carbonyl (C=O) groups excluding carboxylic acids is 2. The van der Waals surface area contributed by atoms with Gasteiger partial charge in [-0.2, -0.15) is 0 Å². The molecule has 4 nitrogen and oxygen atoms in total. The first kappa shape index (κ1) is 13.7. The summed E-state index contributed by atoms with van der Waals surface area (Å²) in [6.07, 6.45) is 4.86. The molecule has 0 fully saturated rings. The van der Waals surface area contributed by atoms with Gasteiger partial charge in [0.2, 0.25) is 0 Å². The van der Waals surface area contributed by atoms with Crippen LogP contribution in [0, 0.1) is 0 Å². The van der Waals surface area contributed by atoms with Crippen LogP contribution in [0.3, 0.4) is 0 Å². The highest BCUT2D eigenvalue weighted by molar-refractivity contribution is 5.68. The smallest absolute Gasteiger partial charge is 0.410 e. The van der Waals surface area contributed by atoms with E-state index in [1.54, 1.807) is 4.90 Å². The molecule has 0 spiro atoms. The van der Waals surface area contributed by atoms with E-state index in [0.717, 1.165) is 24.7 Å². The molecule has 0 unspecified atom stereocenters. The Balaban J connectivity index is 2.49. The Kier molecular flexibility index (Phi) is 4.73. The number of carbonyl (C=O) groups is 2. The maximum absolute atomic E-state index is 11.8. The molecule has 0 atom stereocenters. The van der Waals surface area contributed by atoms with E-state index in [0.29, 0.717) is 19.5 Å². The topological polar surface area (TPSA) is 46.6 Å². The van der Waals surface area contributed by atoms with Gasteiger partial charge in [-0.3, -0.25) is 0 Å². The molecular weight excluding hydrogens is 218 g/mol. The lowest BCUT2D eigenvalue weighted by Crippen LogP contribution is -2.39. The molecule has 0 saturated heterocycles. The third kappa shape index (κ3) is 5.02. The van der Waals surface area contributed by atoms with Crippen LogP contribution in [-0.2, 0) is 9.53 Å². The van der Waals surface area contributed by atoms with Crippen molar-refractivity contribution in [1.29, 1.82) is 0 Å². The summed E-state index contributed by atoms with van der Waals surface area (Å²) in [5, 5.41) is 0. The van der Waals surface area contributed by atoms with E-state index in [9.17, 15) is 9.59 Å². The van der Waals surface area contributed by atoms with Gasteiger partial charge in [-0.15, -0.1) is 0 Å². The van der Waals surface area contributed by atoms with Crippen molar-refractivity contribution < 1.29 is 14.3 Å². The fourth-order valence-corrected chi connectivity index (χ4v) is 1.72. The lowest BCUT2D eigenvalue weighted by Gasteiger charge is -2.30. The highest BCUT2D eigenvalue weighted by Gasteiger charge is 2.23. The molecule has 1 amide bonds.